The lowest BCUT2D eigenvalue weighted by Gasteiger charge is -2.02. The van der Waals surface area contributed by atoms with Crippen LogP contribution < -0.4 is 5.32 Å². The number of ether oxygens (including phenoxy) is 1. The average Bonchev–Trinajstić information content (AvgIpc) is 2.60. The lowest BCUT2D eigenvalue weighted by molar-refractivity contribution is 0.119. The molecule has 0 saturated carbocycles. The molecular formula is C13H21NOS. The molecule has 2 nitrogen and oxygen atoms in total. The van der Waals surface area contributed by atoms with Gasteiger partial charge >= 0.3 is 0 Å². The van der Waals surface area contributed by atoms with E-state index in [1.807, 2.05) is 24.5 Å². The molecule has 0 unspecified atom stereocenters. The normalized spacial score (nSPS) is 10.6. The van der Waals surface area contributed by atoms with E-state index in [0.717, 1.165) is 32.6 Å². The Morgan fingerprint density at radius 3 is 3.06 bits per heavy atom. The fourth-order valence-electron chi connectivity index (χ4n) is 1.50. The molecule has 0 bridgehead atoms. The molecule has 1 rings (SSSR count). The van der Waals surface area contributed by atoms with Gasteiger partial charge in [-0.15, -0.1) is 17.9 Å². The largest absolute Gasteiger partial charge is 0.377 e. The third kappa shape index (κ3) is 4.47. The topological polar surface area (TPSA) is 21.3 Å². The number of aryl methyl sites for hydroxylation is 1. The number of hydrogen-bond donors (Lipinski definition) is 1. The monoisotopic (exact) mass is 239 g/mol. The Balaban J connectivity index is 2.32. The van der Waals surface area contributed by atoms with Crippen molar-refractivity contribution in [1.82, 2.24) is 5.32 Å². The first-order valence-electron chi connectivity index (χ1n) is 5.69. The van der Waals surface area contributed by atoms with Crippen LogP contribution in [-0.2, 0) is 17.9 Å². The molecule has 0 amide bonds. The Hall–Kier alpha value is -0.640. The van der Waals surface area contributed by atoms with Crippen molar-refractivity contribution in [2.45, 2.75) is 32.9 Å². The first-order chi connectivity index (χ1) is 7.77. The van der Waals surface area contributed by atoms with Gasteiger partial charge in [0.15, 0.2) is 0 Å². The minimum absolute atomic E-state index is 0.739. The number of rotatable bonds is 8. The number of allylic oxidation sites excluding steroid dienone is 1. The summed E-state index contributed by atoms with van der Waals surface area (Å²) in [5, 5.41) is 3.17. The summed E-state index contributed by atoms with van der Waals surface area (Å²) in [7, 11) is 1.97. The molecule has 0 aliphatic carbocycles. The van der Waals surface area contributed by atoms with Gasteiger partial charge in [0.25, 0.3) is 0 Å². The second kappa shape index (κ2) is 7.60. The first kappa shape index (κ1) is 13.4. The average molecular weight is 239 g/mol. The SMILES string of the molecule is C=CCCCOCc1cc(CNC)sc1C. The van der Waals surface area contributed by atoms with Crippen molar-refractivity contribution >= 4 is 11.3 Å². The van der Waals surface area contributed by atoms with E-state index < -0.39 is 0 Å². The lowest BCUT2D eigenvalue weighted by atomic mass is 10.2. The minimum Gasteiger partial charge on any atom is -0.377 e. The zero-order valence-electron chi connectivity index (χ0n) is 10.2. The van der Waals surface area contributed by atoms with Crippen LogP contribution in [0.2, 0.25) is 0 Å². The molecule has 0 atom stereocenters. The van der Waals surface area contributed by atoms with E-state index in [4.69, 9.17) is 4.74 Å². The van der Waals surface area contributed by atoms with Gasteiger partial charge in [-0.25, -0.2) is 0 Å². The summed E-state index contributed by atoms with van der Waals surface area (Å²) in [5.41, 5.74) is 1.33. The second-order valence-electron chi connectivity index (χ2n) is 3.81. The van der Waals surface area contributed by atoms with E-state index in [1.54, 1.807) is 0 Å². The summed E-state index contributed by atoms with van der Waals surface area (Å²) in [5.74, 6) is 0. The molecule has 0 spiro atoms. The van der Waals surface area contributed by atoms with E-state index >= 15 is 0 Å². The predicted molar refractivity (Wildman–Crippen MR) is 70.9 cm³/mol. The molecule has 0 aliphatic rings. The summed E-state index contributed by atoms with van der Waals surface area (Å²) in [6.45, 7) is 8.36. The highest BCUT2D eigenvalue weighted by atomic mass is 32.1. The van der Waals surface area contributed by atoms with Crippen LogP contribution in [0.5, 0.6) is 0 Å². The minimum atomic E-state index is 0.739. The van der Waals surface area contributed by atoms with Crippen LogP contribution >= 0.6 is 11.3 Å². The molecule has 0 fully saturated rings. The molecule has 1 aromatic heterocycles. The van der Waals surface area contributed by atoms with Gasteiger partial charge in [0, 0.05) is 22.9 Å². The Morgan fingerprint density at radius 1 is 1.56 bits per heavy atom. The highest BCUT2D eigenvalue weighted by molar-refractivity contribution is 7.12. The van der Waals surface area contributed by atoms with Gasteiger partial charge in [-0.2, -0.15) is 0 Å². The van der Waals surface area contributed by atoms with Crippen molar-refractivity contribution in [2.24, 2.45) is 0 Å². The molecular weight excluding hydrogens is 218 g/mol. The third-order valence-electron chi connectivity index (χ3n) is 2.38. The van der Waals surface area contributed by atoms with Crippen LogP contribution in [0, 0.1) is 6.92 Å². The second-order valence-corrected chi connectivity index (χ2v) is 5.15. The van der Waals surface area contributed by atoms with E-state index in [-0.39, 0.29) is 0 Å². The lowest BCUT2D eigenvalue weighted by Crippen LogP contribution is -2.02. The van der Waals surface area contributed by atoms with E-state index in [0.29, 0.717) is 0 Å². The number of thiophene rings is 1. The van der Waals surface area contributed by atoms with Crippen LogP contribution in [0.1, 0.15) is 28.2 Å². The Bertz CT molecular complexity index is 320. The first-order valence-corrected chi connectivity index (χ1v) is 6.51. The van der Waals surface area contributed by atoms with Crippen molar-refractivity contribution in [2.75, 3.05) is 13.7 Å². The van der Waals surface area contributed by atoms with Crippen molar-refractivity contribution in [3.05, 3.63) is 34.0 Å². The Labute approximate surface area is 102 Å². The third-order valence-corrected chi connectivity index (χ3v) is 3.47. The molecule has 1 heterocycles. The standard InChI is InChI=1S/C13H21NOS/c1-4-5-6-7-15-10-12-8-13(9-14-3)16-11(12)2/h4,8,14H,1,5-7,9-10H2,2-3H3. The van der Waals surface area contributed by atoms with Crippen LogP contribution in [0.3, 0.4) is 0 Å². The molecule has 90 valence electrons. The fourth-order valence-corrected chi connectivity index (χ4v) is 2.56. The fraction of sp³-hybridized carbons (Fsp3) is 0.538. The van der Waals surface area contributed by atoms with Gasteiger partial charge in [0.1, 0.15) is 0 Å². The number of hydrogen-bond acceptors (Lipinski definition) is 3. The van der Waals surface area contributed by atoms with Gasteiger partial charge in [0.2, 0.25) is 0 Å². The smallest absolute Gasteiger partial charge is 0.0727 e. The zero-order valence-corrected chi connectivity index (χ0v) is 11.0. The van der Waals surface area contributed by atoms with E-state index in [9.17, 15) is 0 Å². The number of nitrogens with one attached hydrogen (secondary N) is 1. The van der Waals surface area contributed by atoms with Gasteiger partial charge in [-0.05, 0) is 38.4 Å². The summed E-state index contributed by atoms with van der Waals surface area (Å²) in [6, 6.07) is 2.24. The predicted octanol–water partition coefficient (Wildman–Crippen LogP) is 3.26. The molecule has 0 radical (unpaired) electrons. The van der Waals surface area contributed by atoms with Gasteiger partial charge in [-0.3, -0.25) is 0 Å². The van der Waals surface area contributed by atoms with Gasteiger partial charge in [-0.1, -0.05) is 6.08 Å². The quantitative estimate of drug-likeness (QED) is 0.555. The van der Waals surface area contributed by atoms with Crippen LogP contribution in [0.25, 0.3) is 0 Å². The highest BCUT2D eigenvalue weighted by Crippen LogP contribution is 2.22. The van der Waals surface area contributed by atoms with Crippen molar-refractivity contribution in [1.29, 1.82) is 0 Å². The summed E-state index contributed by atoms with van der Waals surface area (Å²) >= 11 is 1.85. The van der Waals surface area contributed by atoms with Crippen molar-refractivity contribution < 1.29 is 4.74 Å². The van der Waals surface area contributed by atoms with Crippen LogP contribution in [0.4, 0.5) is 0 Å². The molecule has 0 saturated heterocycles. The molecule has 0 aromatic carbocycles. The Kier molecular flexibility index (Phi) is 6.38. The van der Waals surface area contributed by atoms with Crippen LogP contribution in [0.15, 0.2) is 18.7 Å². The maximum absolute atomic E-state index is 5.63. The summed E-state index contributed by atoms with van der Waals surface area (Å²) in [4.78, 5) is 2.75. The van der Waals surface area contributed by atoms with Gasteiger partial charge in [0.05, 0.1) is 6.61 Å². The molecule has 16 heavy (non-hydrogen) atoms. The summed E-state index contributed by atoms with van der Waals surface area (Å²) in [6.07, 6.45) is 4.04. The molecule has 3 heteroatoms. The molecule has 1 N–H and O–H groups in total. The van der Waals surface area contributed by atoms with Crippen molar-refractivity contribution in [3.63, 3.8) is 0 Å². The number of unbranched alkanes of at least 4 members (excludes halogenated alkanes) is 1. The van der Waals surface area contributed by atoms with Gasteiger partial charge < -0.3 is 10.1 Å². The maximum atomic E-state index is 5.63. The summed E-state index contributed by atoms with van der Waals surface area (Å²) < 4.78 is 5.63. The van der Waals surface area contributed by atoms with E-state index in [2.05, 4.69) is 24.9 Å². The molecule has 0 aliphatic heterocycles. The Morgan fingerprint density at radius 2 is 2.38 bits per heavy atom. The van der Waals surface area contributed by atoms with Crippen LogP contribution in [-0.4, -0.2) is 13.7 Å². The maximum Gasteiger partial charge on any atom is 0.0727 e. The zero-order chi connectivity index (χ0) is 11.8. The van der Waals surface area contributed by atoms with Crippen molar-refractivity contribution in [3.8, 4) is 0 Å². The molecule has 1 aromatic rings. The van der Waals surface area contributed by atoms with E-state index in [1.165, 1.54) is 15.3 Å². The highest BCUT2D eigenvalue weighted by Gasteiger charge is 2.04.